The van der Waals surface area contributed by atoms with Gasteiger partial charge in [0.2, 0.25) is 0 Å². The summed E-state index contributed by atoms with van der Waals surface area (Å²) in [6.07, 6.45) is 6.31. The number of anilines is 1. The van der Waals surface area contributed by atoms with Gasteiger partial charge in [0.1, 0.15) is 5.82 Å². The monoisotopic (exact) mass is 263 g/mol. The number of rotatable bonds is 3. The maximum Gasteiger partial charge on any atom is 0.356 e. The van der Waals surface area contributed by atoms with Crippen LogP contribution in [0.1, 0.15) is 61.8 Å². The van der Waals surface area contributed by atoms with E-state index >= 15 is 0 Å². The first kappa shape index (κ1) is 13.8. The largest absolute Gasteiger partial charge is 0.476 e. The predicted octanol–water partition coefficient (Wildman–Crippen LogP) is 2.68. The average molecular weight is 263 g/mol. The molecule has 0 saturated carbocycles. The van der Waals surface area contributed by atoms with Crippen molar-refractivity contribution in [3.05, 3.63) is 17.7 Å². The number of carboxylic acid groups (broad SMARTS) is 1. The smallest absolute Gasteiger partial charge is 0.356 e. The van der Waals surface area contributed by atoms with Gasteiger partial charge in [0.15, 0.2) is 5.69 Å². The molecule has 0 bridgehead atoms. The quantitative estimate of drug-likeness (QED) is 0.908. The molecule has 0 aliphatic carbocycles. The number of carbonyl (C=O) groups is 1. The van der Waals surface area contributed by atoms with Crippen molar-refractivity contribution in [2.24, 2.45) is 0 Å². The molecule has 19 heavy (non-hydrogen) atoms. The van der Waals surface area contributed by atoms with E-state index in [1.165, 1.54) is 12.8 Å². The Morgan fingerprint density at radius 2 is 1.89 bits per heavy atom. The predicted molar refractivity (Wildman–Crippen MR) is 73.8 cm³/mol. The number of carboxylic acids is 1. The number of aromatic nitrogens is 2. The Balaban J connectivity index is 2.35. The van der Waals surface area contributed by atoms with Crippen LogP contribution in [0.2, 0.25) is 0 Å². The molecule has 0 atom stereocenters. The van der Waals surface area contributed by atoms with Gasteiger partial charge in [-0.2, -0.15) is 0 Å². The fraction of sp³-hybridized carbons (Fsp3) is 0.643. The molecule has 0 radical (unpaired) electrons. The number of hydrogen-bond donors (Lipinski definition) is 1. The van der Waals surface area contributed by atoms with Crippen LogP contribution in [0.4, 0.5) is 5.69 Å². The summed E-state index contributed by atoms with van der Waals surface area (Å²) >= 11 is 0. The Morgan fingerprint density at radius 1 is 1.26 bits per heavy atom. The van der Waals surface area contributed by atoms with Crippen molar-refractivity contribution in [2.75, 3.05) is 18.0 Å². The maximum absolute atomic E-state index is 11.4. The summed E-state index contributed by atoms with van der Waals surface area (Å²) in [5.41, 5.74) is 0.805. The zero-order valence-electron chi connectivity index (χ0n) is 11.6. The molecule has 5 nitrogen and oxygen atoms in total. The summed E-state index contributed by atoms with van der Waals surface area (Å²) < 4.78 is 0. The van der Waals surface area contributed by atoms with Crippen LogP contribution in [-0.2, 0) is 0 Å². The van der Waals surface area contributed by atoms with Crippen LogP contribution in [0.15, 0.2) is 6.20 Å². The molecule has 1 aromatic heterocycles. The topological polar surface area (TPSA) is 66.3 Å². The normalized spacial score (nSPS) is 16.5. The van der Waals surface area contributed by atoms with Gasteiger partial charge in [-0.05, 0) is 12.8 Å². The Hall–Kier alpha value is -1.65. The highest BCUT2D eigenvalue weighted by Gasteiger charge is 2.20. The highest BCUT2D eigenvalue weighted by Crippen LogP contribution is 2.23. The van der Waals surface area contributed by atoms with Crippen molar-refractivity contribution in [3.8, 4) is 0 Å². The minimum absolute atomic E-state index is 0.135. The zero-order valence-corrected chi connectivity index (χ0v) is 11.6. The molecule has 1 N–H and O–H groups in total. The van der Waals surface area contributed by atoms with E-state index < -0.39 is 5.97 Å². The van der Waals surface area contributed by atoms with E-state index in [1.807, 2.05) is 13.8 Å². The molecule has 2 heterocycles. The van der Waals surface area contributed by atoms with Crippen LogP contribution < -0.4 is 4.90 Å². The van der Waals surface area contributed by atoms with Crippen LogP contribution >= 0.6 is 0 Å². The second-order valence-electron chi connectivity index (χ2n) is 5.32. The molecule has 5 heteroatoms. The van der Waals surface area contributed by atoms with E-state index in [1.54, 1.807) is 6.20 Å². The fourth-order valence-corrected chi connectivity index (χ4v) is 2.37. The lowest BCUT2D eigenvalue weighted by Gasteiger charge is -2.23. The molecule has 0 spiro atoms. The molecule has 1 aliphatic rings. The minimum atomic E-state index is -0.969. The first-order chi connectivity index (χ1) is 9.09. The SMILES string of the molecule is CC(C)c1ncc(N2CCCCCC2)c(C(=O)O)n1. The van der Waals surface area contributed by atoms with E-state index in [0.29, 0.717) is 11.5 Å². The van der Waals surface area contributed by atoms with Gasteiger partial charge in [-0.3, -0.25) is 0 Å². The molecule has 1 saturated heterocycles. The summed E-state index contributed by atoms with van der Waals surface area (Å²) in [5, 5.41) is 9.36. The maximum atomic E-state index is 11.4. The minimum Gasteiger partial charge on any atom is -0.476 e. The summed E-state index contributed by atoms with van der Waals surface area (Å²) in [7, 11) is 0. The summed E-state index contributed by atoms with van der Waals surface area (Å²) in [6, 6.07) is 0. The first-order valence-corrected chi connectivity index (χ1v) is 6.94. The highest BCUT2D eigenvalue weighted by molar-refractivity contribution is 5.92. The third kappa shape index (κ3) is 3.22. The van der Waals surface area contributed by atoms with Gasteiger partial charge in [0.25, 0.3) is 0 Å². The van der Waals surface area contributed by atoms with Crippen LogP contribution in [0.5, 0.6) is 0 Å². The molecule has 0 unspecified atom stereocenters. The van der Waals surface area contributed by atoms with E-state index in [-0.39, 0.29) is 11.6 Å². The van der Waals surface area contributed by atoms with Gasteiger partial charge in [0.05, 0.1) is 11.9 Å². The van der Waals surface area contributed by atoms with Crippen molar-refractivity contribution in [2.45, 2.75) is 45.4 Å². The summed E-state index contributed by atoms with van der Waals surface area (Å²) in [5.74, 6) is -0.240. The van der Waals surface area contributed by atoms with Crippen LogP contribution in [0.3, 0.4) is 0 Å². The molecule has 1 aliphatic heterocycles. The number of aromatic carboxylic acids is 1. The summed E-state index contributed by atoms with van der Waals surface area (Å²) in [6.45, 7) is 5.72. The lowest BCUT2D eigenvalue weighted by Crippen LogP contribution is -2.27. The molecular weight excluding hydrogens is 242 g/mol. The van der Waals surface area contributed by atoms with E-state index in [0.717, 1.165) is 25.9 Å². The van der Waals surface area contributed by atoms with Crippen LogP contribution in [0.25, 0.3) is 0 Å². The molecule has 1 aromatic rings. The van der Waals surface area contributed by atoms with E-state index in [4.69, 9.17) is 0 Å². The van der Waals surface area contributed by atoms with Gasteiger partial charge in [-0.25, -0.2) is 14.8 Å². The van der Waals surface area contributed by atoms with Gasteiger partial charge < -0.3 is 10.0 Å². The zero-order chi connectivity index (χ0) is 13.8. The molecular formula is C14H21N3O2. The van der Waals surface area contributed by atoms with E-state index in [9.17, 15) is 9.90 Å². The third-order valence-electron chi connectivity index (χ3n) is 3.45. The molecule has 0 aromatic carbocycles. The molecule has 104 valence electrons. The van der Waals surface area contributed by atoms with Crippen molar-refractivity contribution in [3.63, 3.8) is 0 Å². The second kappa shape index (κ2) is 5.99. The third-order valence-corrected chi connectivity index (χ3v) is 3.45. The second-order valence-corrected chi connectivity index (χ2v) is 5.32. The van der Waals surface area contributed by atoms with E-state index in [2.05, 4.69) is 14.9 Å². The number of hydrogen-bond acceptors (Lipinski definition) is 4. The van der Waals surface area contributed by atoms with Crippen molar-refractivity contribution < 1.29 is 9.90 Å². The Labute approximate surface area is 113 Å². The summed E-state index contributed by atoms with van der Waals surface area (Å²) in [4.78, 5) is 22.1. The van der Waals surface area contributed by atoms with Gasteiger partial charge in [-0.15, -0.1) is 0 Å². The van der Waals surface area contributed by atoms with Crippen molar-refractivity contribution in [1.82, 2.24) is 9.97 Å². The lowest BCUT2D eigenvalue weighted by atomic mass is 10.2. The number of nitrogens with zero attached hydrogens (tertiary/aromatic N) is 3. The Kier molecular flexibility index (Phi) is 4.35. The lowest BCUT2D eigenvalue weighted by molar-refractivity contribution is 0.0690. The van der Waals surface area contributed by atoms with Gasteiger partial charge in [0, 0.05) is 19.0 Å². The molecule has 0 amide bonds. The highest BCUT2D eigenvalue weighted by atomic mass is 16.4. The van der Waals surface area contributed by atoms with Crippen molar-refractivity contribution in [1.29, 1.82) is 0 Å². The average Bonchev–Trinajstić information content (AvgIpc) is 2.66. The molecule has 1 fully saturated rings. The first-order valence-electron chi connectivity index (χ1n) is 6.94. The standard InChI is InChI=1S/C14H21N3O2/c1-10(2)13-15-9-11(12(16-13)14(18)19)17-7-5-3-4-6-8-17/h9-10H,3-8H2,1-2H3,(H,18,19). The van der Waals surface area contributed by atoms with Gasteiger partial charge in [-0.1, -0.05) is 26.7 Å². The van der Waals surface area contributed by atoms with Crippen molar-refractivity contribution >= 4 is 11.7 Å². The fourth-order valence-electron chi connectivity index (χ4n) is 2.37. The van der Waals surface area contributed by atoms with Crippen LogP contribution in [0, 0.1) is 0 Å². The molecule has 2 rings (SSSR count). The van der Waals surface area contributed by atoms with Gasteiger partial charge >= 0.3 is 5.97 Å². The Morgan fingerprint density at radius 3 is 2.42 bits per heavy atom. The van der Waals surface area contributed by atoms with Crippen LogP contribution in [-0.4, -0.2) is 34.1 Å². The Bertz CT molecular complexity index is 452.